The van der Waals surface area contributed by atoms with Gasteiger partial charge in [0.1, 0.15) is 5.82 Å². The van der Waals surface area contributed by atoms with Crippen molar-refractivity contribution < 1.29 is 4.39 Å². The lowest BCUT2D eigenvalue weighted by atomic mass is 9.93. The molecule has 0 spiro atoms. The van der Waals surface area contributed by atoms with Crippen LogP contribution < -0.4 is 5.32 Å². The predicted octanol–water partition coefficient (Wildman–Crippen LogP) is 4.63. The van der Waals surface area contributed by atoms with Crippen LogP contribution in [0.15, 0.2) is 23.1 Å². The SMILES string of the molecule is CSC1CCC(NC2CCSc3c(F)cccc32)CC1. The quantitative estimate of drug-likeness (QED) is 0.874. The lowest BCUT2D eigenvalue weighted by molar-refractivity contribution is 0.335. The molecular formula is C16H22FNS2. The molecule has 4 heteroatoms. The van der Waals surface area contributed by atoms with Gasteiger partial charge in [0.2, 0.25) is 0 Å². The van der Waals surface area contributed by atoms with Crippen molar-refractivity contribution in [2.24, 2.45) is 0 Å². The Hall–Kier alpha value is -0.190. The van der Waals surface area contributed by atoms with Crippen molar-refractivity contribution in [3.05, 3.63) is 29.6 Å². The van der Waals surface area contributed by atoms with Gasteiger partial charge in [0.05, 0.1) is 0 Å². The molecule has 1 aromatic rings. The van der Waals surface area contributed by atoms with E-state index in [2.05, 4.69) is 17.6 Å². The minimum absolute atomic E-state index is 0.0508. The molecule has 110 valence electrons. The van der Waals surface area contributed by atoms with Gasteiger partial charge in [0.15, 0.2) is 0 Å². The van der Waals surface area contributed by atoms with E-state index >= 15 is 0 Å². The summed E-state index contributed by atoms with van der Waals surface area (Å²) in [6.45, 7) is 0. The first kappa shape index (κ1) is 14.7. The second kappa shape index (κ2) is 6.71. The summed E-state index contributed by atoms with van der Waals surface area (Å²) in [5.41, 5.74) is 1.17. The molecule has 1 aromatic carbocycles. The summed E-state index contributed by atoms with van der Waals surface area (Å²) in [6, 6.07) is 6.48. The van der Waals surface area contributed by atoms with Gasteiger partial charge >= 0.3 is 0 Å². The molecule has 1 saturated carbocycles. The van der Waals surface area contributed by atoms with Crippen molar-refractivity contribution in [1.82, 2.24) is 5.32 Å². The topological polar surface area (TPSA) is 12.0 Å². The van der Waals surface area contributed by atoms with Crippen LogP contribution in [-0.2, 0) is 0 Å². The third-order valence-electron chi connectivity index (χ3n) is 4.47. The molecule has 3 rings (SSSR count). The highest BCUT2D eigenvalue weighted by Crippen LogP contribution is 2.39. The number of halogens is 1. The molecule has 1 nitrogen and oxygen atoms in total. The number of benzene rings is 1. The van der Waals surface area contributed by atoms with Crippen LogP contribution in [0.2, 0.25) is 0 Å². The number of rotatable bonds is 3. The molecule has 1 atom stereocenters. The van der Waals surface area contributed by atoms with E-state index < -0.39 is 0 Å². The third kappa shape index (κ3) is 3.18. The maximum atomic E-state index is 13.9. The average molecular weight is 311 g/mol. The fourth-order valence-electron chi connectivity index (χ4n) is 3.31. The van der Waals surface area contributed by atoms with E-state index in [1.165, 1.54) is 31.2 Å². The van der Waals surface area contributed by atoms with Gasteiger partial charge in [-0.05, 0) is 55.7 Å². The highest BCUT2D eigenvalue weighted by atomic mass is 32.2. The van der Waals surface area contributed by atoms with Crippen LogP contribution in [0.1, 0.15) is 43.7 Å². The Bertz CT molecular complexity index is 458. The van der Waals surface area contributed by atoms with Crippen molar-refractivity contribution in [2.45, 2.75) is 54.3 Å². The molecule has 1 fully saturated rings. The zero-order valence-electron chi connectivity index (χ0n) is 11.9. The maximum Gasteiger partial charge on any atom is 0.137 e. The second-order valence-electron chi connectivity index (χ2n) is 5.72. The number of nitrogens with one attached hydrogen (secondary N) is 1. The van der Waals surface area contributed by atoms with E-state index in [4.69, 9.17) is 0 Å². The number of thioether (sulfide) groups is 2. The van der Waals surface area contributed by atoms with Crippen LogP contribution in [0.3, 0.4) is 0 Å². The van der Waals surface area contributed by atoms with Gasteiger partial charge in [-0.1, -0.05) is 12.1 Å². The molecule has 1 heterocycles. The zero-order chi connectivity index (χ0) is 13.9. The first-order valence-electron chi connectivity index (χ1n) is 7.48. The van der Waals surface area contributed by atoms with Gasteiger partial charge in [-0.15, -0.1) is 11.8 Å². The minimum atomic E-state index is -0.0508. The van der Waals surface area contributed by atoms with Crippen molar-refractivity contribution >= 4 is 23.5 Å². The van der Waals surface area contributed by atoms with Gasteiger partial charge in [-0.3, -0.25) is 0 Å². The van der Waals surface area contributed by atoms with E-state index in [-0.39, 0.29) is 5.82 Å². The molecule has 0 amide bonds. The van der Waals surface area contributed by atoms with Crippen molar-refractivity contribution in [1.29, 1.82) is 0 Å². The van der Waals surface area contributed by atoms with E-state index in [9.17, 15) is 4.39 Å². The van der Waals surface area contributed by atoms with E-state index in [1.807, 2.05) is 17.8 Å². The summed E-state index contributed by atoms with van der Waals surface area (Å²) < 4.78 is 13.9. The molecular weight excluding hydrogens is 289 g/mol. The van der Waals surface area contributed by atoms with Crippen LogP contribution in [-0.4, -0.2) is 23.3 Å². The largest absolute Gasteiger partial charge is 0.307 e. The van der Waals surface area contributed by atoms with Crippen molar-refractivity contribution in [3.8, 4) is 0 Å². The van der Waals surface area contributed by atoms with Gasteiger partial charge in [0.25, 0.3) is 0 Å². The Balaban J connectivity index is 1.66. The van der Waals surface area contributed by atoms with Gasteiger partial charge in [0, 0.05) is 22.2 Å². The fourth-order valence-corrected chi connectivity index (χ4v) is 5.19. The first-order valence-corrected chi connectivity index (χ1v) is 9.75. The number of hydrogen-bond donors (Lipinski definition) is 1. The zero-order valence-corrected chi connectivity index (χ0v) is 13.5. The van der Waals surface area contributed by atoms with Crippen LogP contribution in [0, 0.1) is 5.82 Å². The van der Waals surface area contributed by atoms with E-state index in [0.29, 0.717) is 12.1 Å². The van der Waals surface area contributed by atoms with E-state index in [0.717, 1.165) is 22.3 Å². The molecule has 0 saturated heterocycles. The van der Waals surface area contributed by atoms with Crippen LogP contribution in [0.25, 0.3) is 0 Å². The summed E-state index contributed by atoms with van der Waals surface area (Å²) >= 11 is 3.67. The second-order valence-corrected chi connectivity index (χ2v) is 7.97. The summed E-state index contributed by atoms with van der Waals surface area (Å²) in [5.74, 6) is 0.969. The molecule has 0 radical (unpaired) electrons. The van der Waals surface area contributed by atoms with Gasteiger partial charge in [-0.25, -0.2) is 4.39 Å². The lowest BCUT2D eigenvalue weighted by Gasteiger charge is -2.34. The average Bonchev–Trinajstić information content (AvgIpc) is 2.49. The molecule has 1 unspecified atom stereocenters. The highest BCUT2D eigenvalue weighted by molar-refractivity contribution is 7.99. The summed E-state index contributed by atoms with van der Waals surface area (Å²) in [7, 11) is 0. The summed E-state index contributed by atoms with van der Waals surface area (Å²) in [6.07, 6.45) is 8.49. The van der Waals surface area contributed by atoms with Gasteiger partial charge < -0.3 is 5.32 Å². The van der Waals surface area contributed by atoms with Gasteiger partial charge in [-0.2, -0.15) is 11.8 Å². The molecule has 0 bridgehead atoms. The lowest BCUT2D eigenvalue weighted by Crippen LogP contribution is -2.37. The number of fused-ring (bicyclic) bond motifs is 1. The summed E-state index contributed by atoms with van der Waals surface area (Å²) in [4.78, 5) is 0.869. The highest BCUT2D eigenvalue weighted by Gasteiger charge is 2.27. The molecule has 1 N–H and O–H groups in total. The Morgan fingerprint density at radius 1 is 1.20 bits per heavy atom. The normalized spacial score (nSPS) is 30.0. The Morgan fingerprint density at radius 2 is 2.00 bits per heavy atom. The molecule has 0 aromatic heterocycles. The monoisotopic (exact) mass is 311 g/mol. The first-order chi connectivity index (χ1) is 9.78. The van der Waals surface area contributed by atoms with Crippen LogP contribution in [0.4, 0.5) is 4.39 Å². The number of hydrogen-bond acceptors (Lipinski definition) is 3. The Kier molecular flexibility index (Phi) is 4.95. The molecule has 1 aliphatic carbocycles. The fraction of sp³-hybridized carbons (Fsp3) is 0.625. The molecule has 2 aliphatic rings. The Labute approximate surface area is 129 Å². The standard InChI is InChI=1S/C16H22FNS2/c1-19-12-7-5-11(6-8-12)18-15-9-10-20-16-13(15)3-2-4-14(16)17/h2-4,11-12,15,18H,5-10H2,1H3. The van der Waals surface area contributed by atoms with Crippen molar-refractivity contribution in [3.63, 3.8) is 0 Å². The van der Waals surface area contributed by atoms with Crippen LogP contribution >= 0.6 is 23.5 Å². The van der Waals surface area contributed by atoms with E-state index in [1.54, 1.807) is 17.8 Å². The minimum Gasteiger partial charge on any atom is -0.307 e. The molecule has 20 heavy (non-hydrogen) atoms. The van der Waals surface area contributed by atoms with Crippen molar-refractivity contribution in [2.75, 3.05) is 12.0 Å². The predicted molar refractivity (Wildman–Crippen MR) is 87.2 cm³/mol. The van der Waals surface area contributed by atoms with Crippen LogP contribution in [0.5, 0.6) is 0 Å². The summed E-state index contributed by atoms with van der Waals surface area (Å²) in [5, 5.41) is 4.64. The maximum absolute atomic E-state index is 13.9. The smallest absolute Gasteiger partial charge is 0.137 e. The molecule has 1 aliphatic heterocycles. The Morgan fingerprint density at radius 3 is 2.75 bits per heavy atom. The third-order valence-corrected chi connectivity index (χ3v) is 6.77.